The van der Waals surface area contributed by atoms with Crippen molar-refractivity contribution in [1.29, 1.82) is 0 Å². The van der Waals surface area contributed by atoms with Gasteiger partial charge in [-0.3, -0.25) is 4.79 Å². The minimum absolute atomic E-state index is 0.0157. The van der Waals surface area contributed by atoms with Gasteiger partial charge in [0.2, 0.25) is 0 Å². The van der Waals surface area contributed by atoms with E-state index in [0.717, 1.165) is 16.0 Å². The lowest BCUT2D eigenvalue weighted by atomic mass is 9.89. The molecule has 144 valence electrons. The Labute approximate surface area is 165 Å². The molecule has 0 saturated heterocycles. The first-order valence-electron chi connectivity index (χ1n) is 8.88. The van der Waals surface area contributed by atoms with Gasteiger partial charge in [-0.2, -0.15) is 0 Å². The van der Waals surface area contributed by atoms with E-state index in [2.05, 4.69) is 15.3 Å². The Morgan fingerprint density at radius 1 is 1.39 bits per heavy atom. The number of carbonyl (C=O) groups is 2. The van der Waals surface area contributed by atoms with Crippen molar-refractivity contribution in [1.82, 2.24) is 10.3 Å². The number of amides is 1. The van der Waals surface area contributed by atoms with Gasteiger partial charge in [0.05, 0.1) is 11.8 Å². The number of amidine groups is 1. The molecule has 8 heteroatoms. The Morgan fingerprint density at radius 2 is 2.18 bits per heavy atom. The van der Waals surface area contributed by atoms with Gasteiger partial charge in [0.25, 0.3) is 5.91 Å². The highest BCUT2D eigenvalue weighted by atomic mass is 32.1. The van der Waals surface area contributed by atoms with Gasteiger partial charge in [0.15, 0.2) is 5.84 Å². The van der Waals surface area contributed by atoms with E-state index in [1.54, 1.807) is 19.3 Å². The third-order valence-electron chi connectivity index (χ3n) is 5.10. The Morgan fingerprint density at radius 3 is 2.79 bits per heavy atom. The second-order valence-electron chi connectivity index (χ2n) is 7.27. The van der Waals surface area contributed by atoms with E-state index in [0.29, 0.717) is 11.3 Å². The van der Waals surface area contributed by atoms with Crippen LogP contribution in [0.4, 0.5) is 0 Å². The molecule has 3 aromatic rings. The van der Waals surface area contributed by atoms with Crippen molar-refractivity contribution in [3.8, 4) is 0 Å². The van der Waals surface area contributed by atoms with Gasteiger partial charge in [-0.25, -0.2) is 14.8 Å². The molecular formula is C20H19N3O4S. The number of nitrogens with zero attached hydrogens (tertiary/aromatic N) is 2. The van der Waals surface area contributed by atoms with Gasteiger partial charge >= 0.3 is 5.97 Å². The molecule has 1 amide bonds. The summed E-state index contributed by atoms with van der Waals surface area (Å²) >= 11 is 1.46. The lowest BCUT2D eigenvalue weighted by Gasteiger charge is -2.21. The number of carboxylic acids is 1. The zero-order chi connectivity index (χ0) is 20.1. The fraction of sp³-hybridized carbons (Fsp3) is 0.300. The molecule has 4 rings (SSSR count). The summed E-state index contributed by atoms with van der Waals surface area (Å²) in [5, 5.41) is 13.1. The van der Waals surface area contributed by atoms with Gasteiger partial charge in [-0.15, -0.1) is 11.3 Å². The van der Waals surface area contributed by atoms with E-state index < -0.39 is 11.5 Å². The van der Waals surface area contributed by atoms with Crippen LogP contribution in [0.15, 0.2) is 39.9 Å². The van der Waals surface area contributed by atoms with E-state index in [1.807, 2.05) is 32.0 Å². The van der Waals surface area contributed by atoms with Gasteiger partial charge in [0, 0.05) is 16.7 Å². The molecule has 0 saturated carbocycles. The second-order valence-corrected chi connectivity index (χ2v) is 8.38. The fourth-order valence-corrected chi connectivity index (χ4v) is 4.11. The lowest BCUT2D eigenvalue weighted by molar-refractivity contribution is -0.124. The summed E-state index contributed by atoms with van der Waals surface area (Å²) in [5.74, 6) is -0.366. The maximum absolute atomic E-state index is 12.4. The summed E-state index contributed by atoms with van der Waals surface area (Å²) < 4.78 is 5.38. The predicted molar refractivity (Wildman–Crippen MR) is 106 cm³/mol. The fourth-order valence-electron chi connectivity index (χ4n) is 3.09. The molecule has 28 heavy (non-hydrogen) atoms. The molecule has 0 radical (unpaired) electrons. The summed E-state index contributed by atoms with van der Waals surface area (Å²) in [6.45, 7) is 5.55. The minimum atomic E-state index is -1.11. The Hall–Kier alpha value is -3.00. The van der Waals surface area contributed by atoms with Crippen LogP contribution in [0, 0.1) is 5.92 Å². The van der Waals surface area contributed by atoms with E-state index in [9.17, 15) is 14.7 Å². The number of nitrogens with one attached hydrogen (secondary N) is 1. The zero-order valence-corrected chi connectivity index (χ0v) is 16.5. The number of thiophene rings is 1. The van der Waals surface area contributed by atoms with Crippen LogP contribution >= 0.6 is 11.3 Å². The number of fused-ring (bicyclic) bond motifs is 1. The van der Waals surface area contributed by atoms with Crippen molar-refractivity contribution in [3.05, 3.63) is 52.4 Å². The van der Waals surface area contributed by atoms with E-state index in [4.69, 9.17) is 4.42 Å². The monoisotopic (exact) mass is 397 g/mol. The van der Waals surface area contributed by atoms with Crippen LogP contribution in [0.25, 0.3) is 10.2 Å². The van der Waals surface area contributed by atoms with E-state index >= 15 is 0 Å². The van der Waals surface area contributed by atoms with Gasteiger partial charge in [0.1, 0.15) is 21.8 Å². The molecule has 0 aromatic carbocycles. The van der Waals surface area contributed by atoms with Crippen molar-refractivity contribution in [2.24, 2.45) is 10.9 Å². The molecule has 0 fully saturated rings. The largest absolute Gasteiger partial charge is 0.478 e. The molecular weight excluding hydrogens is 378 g/mol. The highest BCUT2D eigenvalue weighted by Gasteiger charge is 2.43. The maximum Gasteiger partial charge on any atom is 0.338 e. The average molecular weight is 397 g/mol. The van der Waals surface area contributed by atoms with Crippen LogP contribution in [0.5, 0.6) is 0 Å². The summed E-state index contributed by atoms with van der Waals surface area (Å²) in [6.07, 6.45) is 2.23. The Balaban J connectivity index is 1.80. The van der Waals surface area contributed by atoms with E-state index in [1.165, 1.54) is 11.3 Å². The molecule has 2 N–H and O–H groups in total. The van der Waals surface area contributed by atoms with Crippen molar-refractivity contribution in [2.45, 2.75) is 32.7 Å². The van der Waals surface area contributed by atoms with Crippen molar-refractivity contribution in [2.75, 3.05) is 0 Å². The number of aromatic nitrogens is 1. The topological polar surface area (TPSA) is 105 Å². The SMILES string of the molecule is CC(C)C1(C)N=C(c2nc3sc(Cc4ccco4)cc3cc2C(=O)O)NC1=O. The van der Waals surface area contributed by atoms with Crippen molar-refractivity contribution < 1.29 is 19.1 Å². The molecule has 1 atom stereocenters. The van der Waals surface area contributed by atoms with E-state index in [-0.39, 0.29) is 28.9 Å². The van der Waals surface area contributed by atoms with Gasteiger partial charge < -0.3 is 14.8 Å². The summed E-state index contributed by atoms with van der Waals surface area (Å²) in [4.78, 5) is 35.0. The number of aliphatic imine (C=N–C) groups is 1. The van der Waals surface area contributed by atoms with Crippen LogP contribution in [-0.2, 0) is 11.2 Å². The van der Waals surface area contributed by atoms with Crippen LogP contribution in [0.3, 0.4) is 0 Å². The van der Waals surface area contributed by atoms with Crippen LogP contribution in [-0.4, -0.2) is 33.3 Å². The number of furan rings is 1. The number of carboxylic acid groups (broad SMARTS) is 1. The predicted octanol–water partition coefficient (Wildman–Crippen LogP) is 3.47. The van der Waals surface area contributed by atoms with Gasteiger partial charge in [-0.05, 0) is 37.1 Å². The average Bonchev–Trinajstić information content (AvgIpc) is 3.34. The normalized spacial score (nSPS) is 19.3. The van der Waals surface area contributed by atoms with Crippen LogP contribution in [0.1, 0.15) is 47.5 Å². The molecule has 1 unspecified atom stereocenters. The molecule has 7 nitrogen and oxygen atoms in total. The quantitative estimate of drug-likeness (QED) is 0.686. The minimum Gasteiger partial charge on any atom is -0.478 e. The van der Waals surface area contributed by atoms with Crippen molar-refractivity contribution >= 4 is 39.3 Å². The van der Waals surface area contributed by atoms with Crippen molar-refractivity contribution in [3.63, 3.8) is 0 Å². The standard InChI is InChI=1S/C20H19N3O4S/c1-10(2)20(3)19(26)22-16(23-20)15-14(18(24)25)8-11-7-13(28-17(11)21-15)9-12-5-4-6-27-12/h4-8,10H,9H2,1-3H3,(H,24,25)(H,22,23,26). The zero-order valence-electron chi connectivity index (χ0n) is 15.6. The first-order chi connectivity index (χ1) is 13.3. The first-order valence-corrected chi connectivity index (χ1v) is 9.70. The molecule has 1 aliphatic rings. The smallest absolute Gasteiger partial charge is 0.338 e. The third-order valence-corrected chi connectivity index (χ3v) is 6.15. The lowest BCUT2D eigenvalue weighted by Crippen LogP contribution is -2.41. The summed E-state index contributed by atoms with van der Waals surface area (Å²) in [6, 6.07) is 7.22. The molecule has 1 aliphatic heterocycles. The number of hydrogen-bond acceptors (Lipinski definition) is 6. The highest BCUT2D eigenvalue weighted by Crippen LogP contribution is 2.31. The third kappa shape index (κ3) is 2.99. The van der Waals surface area contributed by atoms with Gasteiger partial charge in [-0.1, -0.05) is 13.8 Å². The molecule has 4 heterocycles. The number of hydrogen-bond donors (Lipinski definition) is 2. The molecule has 0 bridgehead atoms. The Bertz CT molecular complexity index is 1110. The van der Waals surface area contributed by atoms with Crippen LogP contribution < -0.4 is 5.32 Å². The number of aromatic carboxylic acids is 1. The Kier molecular flexibility index (Phi) is 4.30. The second kappa shape index (κ2) is 6.56. The molecule has 0 aliphatic carbocycles. The van der Waals surface area contributed by atoms with Crippen LogP contribution in [0.2, 0.25) is 0 Å². The molecule has 0 spiro atoms. The summed E-state index contributed by atoms with van der Waals surface area (Å²) in [5.41, 5.74) is -0.743. The molecule has 3 aromatic heterocycles. The highest BCUT2D eigenvalue weighted by molar-refractivity contribution is 7.18. The number of pyridine rings is 1. The maximum atomic E-state index is 12.4. The number of carbonyl (C=O) groups excluding carboxylic acids is 1. The number of rotatable bonds is 5. The summed E-state index contributed by atoms with van der Waals surface area (Å²) in [7, 11) is 0. The first kappa shape index (κ1) is 18.4.